The third-order valence-corrected chi connectivity index (χ3v) is 1.77. The van der Waals surface area contributed by atoms with Crippen LogP contribution >= 0.6 is 0 Å². The first-order valence-electron chi connectivity index (χ1n) is 2.94. The van der Waals surface area contributed by atoms with Crippen molar-refractivity contribution in [3.05, 3.63) is 0 Å². The maximum absolute atomic E-state index is 10.1. The topological polar surface area (TPSA) is 66.7 Å². The summed E-state index contributed by atoms with van der Waals surface area (Å²) in [6.07, 6.45) is 1.10. The van der Waals surface area contributed by atoms with E-state index in [1.165, 1.54) is 0 Å². The van der Waals surface area contributed by atoms with Gasteiger partial charge >= 0.3 is 0 Å². The van der Waals surface area contributed by atoms with Gasteiger partial charge in [0.1, 0.15) is 0 Å². The van der Waals surface area contributed by atoms with Crippen LogP contribution in [0.1, 0.15) is 12.8 Å². The minimum Gasteiger partial charge on any atom is -0.301 e. The summed E-state index contributed by atoms with van der Waals surface area (Å²) < 4.78 is 28.5. The van der Waals surface area contributed by atoms with Gasteiger partial charge in [-0.1, -0.05) is 0 Å². The van der Waals surface area contributed by atoms with Crippen molar-refractivity contribution in [2.45, 2.75) is 12.8 Å². The number of rotatable bonds is 5. The third kappa shape index (κ3) is 7.58. The number of nitrogens with zero attached hydrogens (tertiary/aromatic N) is 1. The average molecular weight is 165 g/mol. The number of unbranched alkanes of at least 4 members (excludes halogenated alkanes) is 1. The van der Waals surface area contributed by atoms with E-state index >= 15 is 0 Å². The van der Waals surface area contributed by atoms with Gasteiger partial charge < -0.3 is 4.99 Å². The van der Waals surface area contributed by atoms with E-state index in [9.17, 15) is 8.42 Å². The van der Waals surface area contributed by atoms with Gasteiger partial charge in [-0.2, -0.15) is 8.42 Å². The molecule has 0 saturated heterocycles. The Morgan fingerprint density at radius 3 is 2.40 bits per heavy atom. The molecule has 0 aromatic rings. The fraction of sp³-hybridized carbons (Fsp3) is 0.800. The summed E-state index contributed by atoms with van der Waals surface area (Å²) in [4.78, 5) is 3.53. The van der Waals surface area contributed by atoms with Crippen LogP contribution < -0.4 is 0 Å². The van der Waals surface area contributed by atoms with Gasteiger partial charge in [-0.05, 0) is 19.6 Å². The quantitative estimate of drug-likeness (QED) is 0.363. The highest BCUT2D eigenvalue weighted by Gasteiger charge is 2.01. The fourth-order valence-electron chi connectivity index (χ4n) is 0.508. The zero-order valence-corrected chi connectivity index (χ0v) is 6.47. The molecule has 0 bridgehead atoms. The summed E-state index contributed by atoms with van der Waals surface area (Å²) >= 11 is 0. The lowest BCUT2D eigenvalue weighted by atomic mass is 10.3. The zero-order valence-electron chi connectivity index (χ0n) is 5.65. The first-order valence-corrected chi connectivity index (χ1v) is 4.55. The van der Waals surface area contributed by atoms with Gasteiger partial charge in [-0.25, -0.2) is 0 Å². The van der Waals surface area contributed by atoms with E-state index in [0.717, 1.165) is 0 Å². The van der Waals surface area contributed by atoms with Crippen LogP contribution in [0.25, 0.3) is 0 Å². The Labute approximate surface area is 60.7 Å². The molecule has 4 nitrogen and oxygen atoms in total. The van der Waals surface area contributed by atoms with Crippen LogP contribution in [0.2, 0.25) is 0 Å². The lowest BCUT2D eigenvalue weighted by Crippen LogP contribution is -2.03. The molecule has 0 atom stereocenters. The zero-order chi connectivity index (χ0) is 8.04. The van der Waals surface area contributed by atoms with Crippen molar-refractivity contribution in [1.82, 2.24) is 0 Å². The Bertz CT molecular complexity index is 185. The SMILES string of the molecule is C=NCCCCS(=O)(=O)O. The standard InChI is InChI=1S/C5H11NO3S/c1-6-4-2-3-5-10(7,8)9/h1-5H2,(H,7,8,9). The molecule has 0 heterocycles. The van der Waals surface area contributed by atoms with Crippen LogP contribution in [0.4, 0.5) is 0 Å². The molecule has 0 unspecified atom stereocenters. The number of aliphatic imine (C=N–C) groups is 1. The van der Waals surface area contributed by atoms with Crippen LogP contribution in [-0.4, -0.2) is 32.0 Å². The summed E-state index contributed by atoms with van der Waals surface area (Å²) in [7, 11) is -3.77. The monoisotopic (exact) mass is 165 g/mol. The molecule has 0 aliphatic heterocycles. The van der Waals surface area contributed by atoms with Gasteiger partial charge in [0.25, 0.3) is 10.1 Å². The highest BCUT2D eigenvalue weighted by molar-refractivity contribution is 7.85. The van der Waals surface area contributed by atoms with Crippen molar-refractivity contribution in [2.24, 2.45) is 4.99 Å². The van der Waals surface area contributed by atoms with Gasteiger partial charge in [0, 0.05) is 6.54 Å². The summed E-state index contributed by atoms with van der Waals surface area (Å²) in [5.74, 6) is -0.178. The third-order valence-electron chi connectivity index (χ3n) is 0.969. The maximum atomic E-state index is 10.1. The Morgan fingerprint density at radius 2 is 2.00 bits per heavy atom. The van der Waals surface area contributed by atoms with Crippen molar-refractivity contribution in [3.8, 4) is 0 Å². The van der Waals surface area contributed by atoms with E-state index in [2.05, 4.69) is 11.7 Å². The maximum Gasteiger partial charge on any atom is 0.264 e. The van der Waals surface area contributed by atoms with Crippen molar-refractivity contribution >= 4 is 16.8 Å². The predicted octanol–water partition coefficient (Wildman–Crippen LogP) is 0.355. The number of hydrogen-bond acceptors (Lipinski definition) is 3. The molecule has 5 heteroatoms. The second-order valence-electron chi connectivity index (χ2n) is 1.94. The van der Waals surface area contributed by atoms with Crippen molar-refractivity contribution in [2.75, 3.05) is 12.3 Å². The molecule has 1 N–H and O–H groups in total. The molecular formula is C5H11NO3S. The summed E-state index contributed by atoms with van der Waals surface area (Å²) in [5, 5.41) is 0. The molecular weight excluding hydrogens is 154 g/mol. The van der Waals surface area contributed by atoms with E-state index in [1.807, 2.05) is 0 Å². The highest BCUT2D eigenvalue weighted by atomic mass is 32.2. The van der Waals surface area contributed by atoms with E-state index in [-0.39, 0.29) is 5.75 Å². The minimum atomic E-state index is -3.77. The molecule has 0 rings (SSSR count). The summed E-state index contributed by atoms with van der Waals surface area (Å²) in [6, 6.07) is 0. The van der Waals surface area contributed by atoms with E-state index in [1.54, 1.807) is 0 Å². The van der Waals surface area contributed by atoms with Crippen molar-refractivity contribution in [3.63, 3.8) is 0 Å². The van der Waals surface area contributed by atoms with E-state index in [4.69, 9.17) is 4.55 Å². The molecule has 0 aromatic carbocycles. The summed E-state index contributed by atoms with van der Waals surface area (Å²) in [5.41, 5.74) is 0. The molecule has 0 fully saturated rings. The van der Waals surface area contributed by atoms with E-state index < -0.39 is 10.1 Å². The second kappa shape index (κ2) is 4.40. The van der Waals surface area contributed by atoms with Crippen molar-refractivity contribution < 1.29 is 13.0 Å². The lowest BCUT2D eigenvalue weighted by Gasteiger charge is -1.93. The first-order chi connectivity index (χ1) is 4.56. The molecule has 60 valence electrons. The molecule has 10 heavy (non-hydrogen) atoms. The molecule has 0 radical (unpaired) electrons. The fourth-order valence-corrected chi connectivity index (χ4v) is 1.08. The van der Waals surface area contributed by atoms with Gasteiger partial charge in [0.05, 0.1) is 5.75 Å². The molecule has 0 amide bonds. The Kier molecular flexibility index (Phi) is 4.22. The van der Waals surface area contributed by atoms with Crippen LogP contribution in [0.15, 0.2) is 4.99 Å². The average Bonchev–Trinajstić information content (AvgIpc) is 1.78. The van der Waals surface area contributed by atoms with Gasteiger partial charge in [-0.3, -0.25) is 4.55 Å². The first kappa shape index (κ1) is 9.58. The van der Waals surface area contributed by atoms with Crippen LogP contribution in [0, 0.1) is 0 Å². The Balaban J connectivity index is 3.29. The van der Waals surface area contributed by atoms with Crippen molar-refractivity contribution in [1.29, 1.82) is 0 Å². The van der Waals surface area contributed by atoms with Crippen LogP contribution in [0.3, 0.4) is 0 Å². The lowest BCUT2D eigenvalue weighted by molar-refractivity contribution is 0.480. The normalized spacial score (nSPS) is 11.3. The minimum absolute atomic E-state index is 0.178. The van der Waals surface area contributed by atoms with Gasteiger partial charge in [0.2, 0.25) is 0 Å². The molecule has 0 spiro atoms. The van der Waals surface area contributed by atoms with Gasteiger partial charge in [-0.15, -0.1) is 0 Å². The predicted molar refractivity (Wildman–Crippen MR) is 40.1 cm³/mol. The Morgan fingerprint density at radius 1 is 1.40 bits per heavy atom. The Hall–Kier alpha value is -0.420. The number of hydrogen-bond donors (Lipinski definition) is 1. The highest BCUT2D eigenvalue weighted by Crippen LogP contribution is 1.93. The largest absolute Gasteiger partial charge is 0.301 e. The van der Waals surface area contributed by atoms with E-state index in [0.29, 0.717) is 19.4 Å². The second-order valence-corrected chi connectivity index (χ2v) is 3.51. The van der Waals surface area contributed by atoms with Crippen LogP contribution in [-0.2, 0) is 10.1 Å². The molecule has 0 aromatic heterocycles. The molecule has 0 aliphatic carbocycles. The van der Waals surface area contributed by atoms with Gasteiger partial charge in [0.15, 0.2) is 0 Å². The molecule has 0 aliphatic rings. The smallest absolute Gasteiger partial charge is 0.264 e. The molecule has 0 saturated carbocycles. The summed E-state index contributed by atoms with van der Waals surface area (Å²) in [6.45, 7) is 3.78. The van der Waals surface area contributed by atoms with Crippen LogP contribution in [0.5, 0.6) is 0 Å².